The number of aryl methyl sites for hydroxylation is 1. The molecule has 4 heteroatoms. The molecule has 0 spiro atoms. The van der Waals surface area contributed by atoms with Crippen LogP contribution in [0.4, 0.5) is 0 Å². The van der Waals surface area contributed by atoms with Crippen molar-refractivity contribution in [1.82, 2.24) is 5.32 Å². The van der Waals surface area contributed by atoms with Gasteiger partial charge in [-0.2, -0.15) is 0 Å². The highest BCUT2D eigenvalue weighted by Gasteiger charge is 2.12. The lowest BCUT2D eigenvalue weighted by Crippen LogP contribution is -2.19. The first-order chi connectivity index (χ1) is 7.10. The van der Waals surface area contributed by atoms with Gasteiger partial charge in [0.2, 0.25) is 0 Å². The quantitative estimate of drug-likeness (QED) is 0.823. The highest BCUT2D eigenvalue weighted by Crippen LogP contribution is 2.12. The number of nitrogens with one attached hydrogen (secondary N) is 1. The van der Waals surface area contributed by atoms with Crippen LogP contribution in [0, 0.1) is 0 Å². The van der Waals surface area contributed by atoms with E-state index >= 15 is 0 Å². The highest BCUT2D eigenvalue weighted by atomic mass is 32.2. The van der Waals surface area contributed by atoms with Gasteiger partial charge in [-0.1, -0.05) is 19.1 Å². The molecule has 1 N–H and O–H groups in total. The first kappa shape index (κ1) is 12.2. The molecule has 0 atom stereocenters. The molecule has 1 aromatic rings. The van der Waals surface area contributed by atoms with Crippen LogP contribution in [0.5, 0.6) is 0 Å². The first-order valence-electron chi connectivity index (χ1n) is 5.06. The smallest absolute Gasteiger partial charge is 0.179 e. The van der Waals surface area contributed by atoms with Gasteiger partial charge in [0, 0.05) is 6.54 Å². The Hall–Kier alpha value is -0.870. The lowest BCUT2D eigenvalue weighted by Gasteiger charge is -2.04. The number of hydrogen-bond donors (Lipinski definition) is 1. The topological polar surface area (TPSA) is 46.2 Å². The van der Waals surface area contributed by atoms with Gasteiger partial charge >= 0.3 is 0 Å². The summed E-state index contributed by atoms with van der Waals surface area (Å²) < 4.78 is 23.5. The van der Waals surface area contributed by atoms with Crippen LogP contribution in [-0.2, 0) is 16.3 Å². The summed E-state index contributed by atoms with van der Waals surface area (Å²) in [6, 6.07) is 7.10. The van der Waals surface area contributed by atoms with Crippen LogP contribution >= 0.6 is 0 Å². The zero-order valence-electron chi connectivity index (χ0n) is 9.16. The molecule has 0 fully saturated rings. The van der Waals surface area contributed by atoms with Crippen molar-refractivity contribution in [3.8, 4) is 0 Å². The van der Waals surface area contributed by atoms with Crippen LogP contribution in [0.1, 0.15) is 12.5 Å². The molecular formula is C11H17NO2S. The largest absolute Gasteiger partial charge is 0.319 e. The van der Waals surface area contributed by atoms with Crippen molar-refractivity contribution < 1.29 is 8.42 Å². The Morgan fingerprint density at radius 1 is 1.20 bits per heavy atom. The van der Waals surface area contributed by atoms with Gasteiger partial charge in [0.15, 0.2) is 9.84 Å². The third-order valence-corrected chi connectivity index (χ3v) is 4.04. The van der Waals surface area contributed by atoms with Gasteiger partial charge in [0.1, 0.15) is 0 Å². The molecule has 0 bridgehead atoms. The summed E-state index contributed by atoms with van der Waals surface area (Å²) in [6.45, 7) is 2.53. The van der Waals surface area contributed by atoms with E-state index in [2.05, 4.69) is 5.32 Å². The molecule has 1 aromatic carbocycles. The Morgan fingerprint density at radius 3 is 2.27 bits per heavy atom. The monoisotopic (exact) mass is 227 g/mol. The normalized spacial score (nSPS) is 11.6. The average Bonchev–Trinajstić information content (AvgIpc) is 2.26. The second-order valence-electron chi connectivity index (χ2n) is 3.42. The molecule has 0 heterocycles. The second kappa shape index (κ2) is 5.28. The predicted molar refractivity (Wildman–Crippen MR) is 61.8 cm³/mol. The lowest BCUT2D eigenvalue weighted by molar-refractivity contribution is 0.593. The fraction of sp³-hybridized carbons (Fsp3) is 0.455. The number of rotatable bonds is 5. The first-order valence-corrected chi connectivity index (χ1v) is 6.71. The Bertz CT molecular complexity index is 395. The molecule has 0 aliphatic rings. The molecule has 0 radical (unpaired) electrons. The van der Waals surface area contributed by atoms with Gasteiger partial charge in [0.25, 0.3) is 0 Å². The minimum Gasteiger partial charge on any atom is -0.319 e. The van der Waals surface area contributed by atoms with E-state index in [0.29, 0.717) is 11.4 Å². The Labute approximate surface area is 91.4 Å². The van der Waals surface area contributed by atoms with E-state index < -0.39 is 9.84 Å². The maximum Gasteiger partial charge on any atom is 0.179 e. The lowest BCUT2D eigenvalue weighted by atomic mass is 10.2. The summed E-state index contributed by atoms with van der Waals surface area (Å²) in [5, 5.41) is 2.84. The minimum atomic E-state index is -3.11. The molecule has 0 unspecified atom stereocenters. The summed E-state index contributed by atoms with van der Waals surface area (Å²) in [5.74, 6) is 0.148. The number of hydrogen-bond acceptors (Lipinski definition) is 3. The SMILES string of the molecule is CCc1ccc(S(=O)(=O)CCNC)cc1. The Balaban J connectivity index is 2.86. The third-order valence-electron chi connectivity index (χ3n) is 2.31. The van der Waals surface area contributed by atoms with Gasteiger partial charge < -0.3 is 5.32 Å². The molecule has 0 aromatic heterocycles. The van der Waals surface area contributed by atoms with Crippen molar-refractivity contribution in [2.75, 3.05) is 19.3 Å². The fourth-order valence-electron chi connectivity index (χ4n) is 1.29. The van der Waals surface area contributed by atoms with E-state index in [1.165, 1.54) is 0 Å². The van der Waals surface area contributed by atoms with E-state index in [0.717, 1.165) is 12.0 Å². The van der Waals surface area contributed by atoms with Crippen molar-refractivity contribution in [2.24, 2.45) is 0 Å². The van der Waals surface area contributed by atoms with Crippen LogP contribution in [0.3, 0.4) is 0 Å². The standard InChI is InChI=1S/C11H17NO2S/c1-3-10-4-6-11(7-5-10)15(13,14)9-8-12-2/h4-7,12H,3,8-9H2,1-2H3. The van der Waals surface area contributed by atoms with Crippen LogP contribution in [0.25, 0.3) is 0 Å². The van der Waals surface area contributed by atoms with Crippen LogP contribution in [-0.4, -0.2) is 27.8 Å². The molecule has 3 nitrogen and oxygen atoms in total. The van der Waals surface area contributed by atoms with Gasteiger partial charge in [-0.25, -0.2) is 8.42 Å². The van der Waals surface area contributed by atoms with Gasteiger partial charge in [-0.05, 0) is 31.2 Å². The minimum absolute atomic E-state index is 0.148. The van der Waals surface area contributed by atoms with E-state index in [4.69, 9.17) is 0 Å². The Kier molecular flexibility index (Phi) is 4.29. The fourth-order valence-corrected chi connectivity index (χ4v) is 2.55. The summed E-state index contributed by atoms with van der Waals surface area (Å²) in [7, 11) is -1.36. The van der Waals surface area contributed by atoms with Crippen molar-refractivity contribution >= 4 is 9.84 Å². The van der Waals surface area contributed by atoms with Crippen molar-refractivity contribution in [1.29, 1.82) is 0 Å². The van der Waals surface area contributed by atoms with E-state index in [-0.39, 0.29) is 5.75 Å². The molecule has 0 aliphatic heterocycles. The average molecular weight is 227 g/mol. The van der Waals surface area contributed by atoms with Crippen molar-refractivity contribution in [3.63, 3.8) is 0 Å². The summed E-state index contributed by atoms with van der Waals surface area (Å²) in [5.41, 5.74) is 1.16. The molecule has 0 aliphatic carbocycles. The summed E-state index contributed by atoms with van der Waals surface area (Å²) in [6.07, 6.45) is 0.927. The summed E-state index contributed by atoms with van der Waals surface area (Å²) in [4.78, 5) is 0.412. The number of sulfone groups is 1. The molecule has 0 saturated carbocycles. The van der Waals surface area contributed by atoms with Gasteiger partial charge in [-0.15, -0.1) is 0 Å². The third kappa shape index (κ3) is 3.32. The van der Waals surface area contributed by atoms with Gasteiger partial charge in [0.05, 0.1) is 10.6 Å². The molecule has 1 rings (SSSR count). The molecule has 0 saturated heterocycles. The predicted octanol–water partition coefficient (Wildman–Crippen LogP) is 1.24. The van der Waals surface area contributed by atoms with Crippen LogP contribution in [0.15, 0.2) is 29.2 Å². The van der Waals surface area contributed by atoms with Crippen LogP contribution in [0.2, 0.25) is 0 Å². The van der Waals surface area contributed by atoms with Crippen molar-refractivity contribution in [3.05, 3.63) is 29.8 Å². The van der Waals surface area contributed by atoms with E-state index in [9.17, 15) is 8.42 Å². The van der Waals surface area contributed by atoms with Crippen molar-refractivity contribution in [2.45, 2.75) is 18.2 Å². The maximum atomic E-state index is 11.8. The zero-order valence-corrected chi connectivity index (χ0v) is 9.97. The van der Waals surface area contributed by atoms with Gasteiger partial charge in [-0.3, -0.25) is 0 Å². The highest BCUT2D eigenvalue weighted by molar-refractivity contribution is 7.91. The van der Waals surface area contributed by atoms with Crippen LogP contribution < -0.4 is 5.32 Å². The molecule has 84 valence electrons. The zero-order chi connectivity index (χ0) is 11.3. The Morgan fingerprint density at radius 2 is 1.80 bits per heavy atom. The molecule has 15 heavy (non-hydrogen) atoms. The molecular weight excluding hydrogens is 210 g/mol. The van der Waals surface area contributed by atoms with E-state index in [1.54, 1.807) is 19.2 Å². The van der Waals surface area contributed by atoms with E-state index in [1.807, 2.05) is 19.1 Å². The number of benzene rings is 1. The second-order valence-corrected chi connectivity index (χ2v) is 5.53. The maximum absolute atomic E-state index is 11.8. The summed E-state index contributed by atoms with van der Waals surface area (Å²) >= 11 is 0. The molecule has 0 amide bonds.